The Bertz CT molecular complexity index is 342. The zero-order chi connectivity index (χ0) is 14.8. The zero-order valence-corrected chi connectivity index (χ0v) is 13.6. The highest BCUT2D eigenvalue weighted by molar-refractivity contribution is 5.14. The van der Waals surface area contributed by atoms with Crippen LogP contribution in [0, 0.1) is 0 Å². The molecule has 0 bridgehead atoms. The van der Waals surface area contributed by atoms with Gasteiger partial charge in [0, 0.05) is 18.7 Å². The van der Waals surface area contributed by atoms with Crippen LogP contribution in [-0.4, -0.2) is 24.8 Å². The third kappa shape index (κ3) is 8.34. The van der Waals surface area contributed by atoms with Crippen molar-refractivity contribution >= 4 is 0 Å². The first-order valence-corrected chi connectivity index (χ1v) is 7.92. The molecule has 0 aliphatic heterocycles. The molecule has 0 aromatic heterocycles. The van der Waals surface area contributed by atoms with Crippen molar-refractivity contribution in [3.63, 3.8) is 0 Å². The van der Waals surface area contributed by atoms with Crippen molar-refractivity contribution in [2.75, 3.05) is 13.2 Å². The van der Waals surface area contributed by atoms with E-state index in [1.165, 1.54) is 12.0 Å². The van der Waals surface area contributed by atoms with Crippen molar-refractivity contribution < 1.29 is 4.74 Å². The molecule has 0 aliphatic rings. The minimum atomic E-state index is 0.166. The molecule has 0 saturated carbocycles. The van der Waals surface area contributed by atoms with E-state index in [1.54, 1.807) is 0 Å². The number of hydrogen-bond donors (Lipinski definition) is 1. The average molecular weight is 277 g/mol. The molecule has 1 aromatic rings. The van der Waals surface area contributed by atoms with Gasteiger partial charge in [-0.15, -0.1) is 0 Å². The minimum absolute atomic E-state index is 0.166. The Morgan fingerprint density at radius 2 is 1.85 bits per heavy atom. The van der Waals surface area contributed by atoms with Gasteiger partial charge >= 0.3 is 0 Å². The van der Waals surface area contributed by atoms with Gasteiger partial charge in [0.15, 0.2) is 0 Å². The van der Waals surface area contributed by atoms with Crippen LogP contribution in [0.5, 0.6) is 0 Å². The number of hydrogen-bond acceptors (Lipinski definition) is 2. The second-order valence-corrected chi connectivity index (χ2v) is 6.50. The fourth-order valence-electron chi connectivity index (χ4n) is 2.16. The van der Waals surface area contributed by atoms with Crippen LogP contribution in [0.4, 0.5) is 0 Å². The van der Waals surface area contributed by atoms with Crippen LogP contribution in [-0.2, 0) is 11.2 Å². The zero-order valence-electron chi connectivity index (χ0n) is 13.6. The van der Waals surface area contributed by atoms with Crippen LogP contribution >= 0.6 is 0 Å². The summed E-state index contributed by atoms with van der Waals surface area (Å²) < 4.78 is 6.04. The van der Waals surface area contributed by atoms with Crippen LogP contribution in [0.2, 0.25) is 0 Å². The van der Waals surface area contributed by atoms with E-state index < -0.39 is 0 Å². The molecule has 1 N–H and O–H groups in total. The van der Waals surface area contributed by atoms with Crippen molar-refractivity contribution in [1.29, 1.82) is 0 Å². The lowest BCUT2D eigenvalue weighted by molar-refractivity contribution is 0.0416. The SMILES string of the molecule is CCCC(CNC(C)(C)C)OCCCc1ccccc1. The van der Waals surface area contributed by atoms with Crippen molar-refractivity contribution in [3.05, 3.63) is 35.9 Å². The normalized spacial score (nSPS) is 13.4. The fraction of sp³-hybridized carbons (Fsp3) is 0.667. The quantitative estimate of drug-likeness (QED) is 0.683. The average Bonchev–Trinajstić information content (AvgIpc) is 2.41. The summed E-state index contributed by atoms with van der Waals surface area (Å²) in [5.41, 5.74) is 1.57. The van der Waals surface area contributed by atoms with Gasteiger partial charge in [-0.2, -0.15) is 0 Å². The summed E-state index contributed by atoms with van der Waals surface area (Å²) in [4.78, 5) is 0. The molecule has 2 heteroatoms. The molecule has 0 amide bonds. The second kappa shape index (κ2) is 9.15. The van der Waals surface area contributed by atoms with Crippen LogP contribution in [0.15, 0.2) is 30.3 Å². The first-order valence-electron chi connectivity index (χ1n) is 7.92. The molecule has 1 unspecified atom stereocenters. The van der Waals surface area contributed by atoms with Crippen LogP contribution in [0.1, 0.15) is 52.5 Å². The lowest BCUT2D eigenvalue weighted by Gasteiger charge is -2.25. The molecule has 0 aliphatic carbocycles. The van der Waals surface area contributed by atoms with E-state index in [0.29, 0.717) is 6.10 Å². The maximum atomic E-state index is 6.04. The van der Waals surface area contributed by atoms with E-state index in [2.05, 4.69) is 63.3 Å². The van der Waals surface area contributed by atoms with Gasteiger partial charge in [0.05, 0.1) is 6.10 Å². The minimum Gasteiger partial charge on any atom is -0.377 e. The summed E-state index contributed by atoms with van der Waals surface area (Å²) in [5.74, 6) is 0. The van der Waals surface area contributed by atoms with Crippen molar-refractivity contribution in [2.24, 2.45) is 0 Å². The molecule has 1 rings (SSSR count). The summed E-state index contributed by atoms with van der Waals surface area (Å²) in [6.45, 7) is 10.6. The second-order valence-electron chi connectivity index (χ2n) is 6.50. The van der Waals surface area contributed by atoms with Crippen LogP contribution in [0.25, 0.3) is 0 Å². The van der Waals surface area contributed by atoms with Gasteiger partial charge in [-0.1, -0.05) is 43.7 Å². The van der Waals surface area contributed by atoms with Gasteiger partial charge in [0.2, 0.25) is 0 Å². The number of ether oxygens (including phenoxy) is 1. The Morgan fingerprint density at radius 1 is 1.15 bits per heavy atom. The highest BCUT2D eigenvalue weighted by atomic mass is 16.5. The third-order valence-corrected chi connectivity index (χ3v) is 3.28. The van der Waals surface area contributed by atoms with Gasteiger partial charge in [-0.3, -0.25) is 0 Å². The highest BCUT2D eigenvalue weighted by Crippen LogP contribution is 2.07. The van der Waals surface area contributed by atoms with Gasteiger partial charge < -0.3 is 10.1 Å². The summed E-state index contributed by atoms with van der Waals surface area (Å²) in [7, 11) is 0. The molecule has 0 fully saturated rings. The third-order valence-electron chi connectivity index (χ3n) is 3.28. The molecule has 0 saturated heterocycles. The first-order chi connectivity index (χ1) is 9.51. The Hall–Kier alpha value is -0.860. The highest BCUT2D eigenvalue weighted by Gasteiger charge is 2.13. The summed E-state index contributed by atoms with van der Waals surface area (Å²) >= 11 is 0. The Labute approximate surface area is 124 Å². The maximum Gasteiger partial charge on any atom is 0.0699 e. The lowest BCUT2D eigenvalue weighted by Crippen LogP contribution is -2.41. The van der Waals surface area contributed by atoms with Crippen molar-refractivity contribution in [2.45, 2.75) is 65.0 Å². The summed E-state index contributed by atoms with van der Waals surface area (Å²) in [5, 5.41) is 3.54. The standard InChI is InChI=1S/C18H31NO/c1-5-10-17(15-19-18(2,3)4)20-14-9-13-16-11-7-6-8-12-16/h6-8,11-12,17,19H,5,9-10,13-15H2,1-4H3. The van der Waals surface area contributed by atoms with Gasteiger partial charge in [0.25, 0.3) is 0 Å². The molecule has 2 nitrogen and oxygen atoms in total. The number of aryl methyl sites for hydroxylation is 1. The summed E-state index contributed by atoms with van der Waals surface area (Å²) in [6.07, 6.45) is 4.85. The summed E-state index contributed by atoms with van der Waals surface area (Å²) in [6, 6.07) is 10.6. The first kappa shape index (κ1) is 17.2. The molecule has 0 spiro atoms. The maximum absolute atomic E-state index is 6.04. The van der Waals surface area contributed by atoms with Gasteiger partial charge in [-0.25, -0.2) is 0 Å². The fourth-order valence-corrected chi connectivity index (χ4v) is 2.16. The van der Waals surface area contributed by atoms with E-state index in [9.17, 15) is 0 Å². The number of rotatable bonds is 9. The lowest BCUT2D eigenvalue weighted by atomic mass is 10.1. The van der Waals surface area contributed by atoms with Crippen LogP contribution in [0.3, 0.4) is 0 Å². The molecular weight excluding hydrogens is 246 g/mol. The van der Waals surface area contributed by atoms with Gasteiger partial charge in [-0.05, 0) is 45.6 Å². The van der Waals surface area contributed by atoms with E-state index in [4.69, 9.17) is 4.74 Å². The molecule has 114 valence electrons. The Balaban J connectivity index is 2.21. The van der Waals surface area contributed by atoms with E-state index in [-0.39, 0.29) is 5.54 Å². The topological polar surface area (TPSA) is 21.3 Å². The largest absolute Gasteiger partial charge is 0.377 e. The molecular formula is C18H31NO. The molecule has 20 heavy (non-hydrogen) atoms. The molecule has 0 heterocycles. The molecule has 1 atom stereocenters. The Kier molecular flexibility index (Phi) is 7.86. The predicted molar refractivity (Wildman–Crippen MR) is 87.2 cm³/mol. The Morgan fingerprint density at radius 3 is 2.45 bits per heavy atom. The number of benzene rings is 1. The monoisotopic (exact) mass is 277 g/mol. The smallest absolute Gasteiger partial charge is 0.0699 e. The molecule has 1 aromatic carbocycles. The van der Waals surface area contributed by atoms with E-state index >= 15 is 0 Å². The van der Waals surface area contributed by atoms with E-state index in [0.717, 1.165) is 32.4 Å². The van der Waals surface area contributed by atoms with E-state index in [1.807, 2.05) is 0 Å². The van der Waals surface area contributed by atoms with Crippen molar-refractivity contribution in [1.82, 2.24) is 5.32 Å². The molecule has 0 radical (unpaired) electrons. The van der Waals surface area contributed by atoms with Crippen LogP contribution < -0.4 is 5.32 Å². The van der Waals surface area contributed by atoms with Crippen molar-refractivity contribution in [3.8, 4) is 0 Å². The van der Waals surface area contributed by atoms with Gasteiger partial charge in [0.1, 0.15) is 0 Å². The predicted octanol–water partition coefficient (Wildman–Crippen LogP) is 4.19. The number of nitrogens with one attached hydrogen (secondary N) is 1.